The zero-order chi connectivity index (χ0) is 18.0. The lowest BCUT2D eigenvalue weighted by Gasteiger charge is -2.12. The fraction of sp³-hybridized carbons (Fsp3) is 0.111. The first kappa shape index (κ1) is 16.6. The molecule has 0 aliphatic rings. The van der Waals surface area contributed by atoms with E-state index < -0.39 is 24.1 Å². The van der Waals surface area contributed by atoms with Crippen LogP contribution in [0.15, 0.2) is 53.3 Å². The summed E-state index contributed by atoms with van der Waals surface area (Å²) in [5, 5.41) is 2.96. The molecule has 3 aromatic rings. The summed E-state index contributed by atoms with van der Waals surface area (Å²) in [6.07, 6.45) is 0. The molecule has 7 heteroatoms. The van der Waals surface area contributed by atoms with E-state index in [9.17, 15) is 18.4 Å². The van der Waals surface area contributed by atoms with Gasteiger partial charge < -0.3 is 14.6 Å². The molecule has 1 amide bonds. The quantitative estimate of drug-likeness (QED) is 0.792. The van der Waals surface area contributed by atoms with E-state index in [1.165, 1.54) is 10.6 Å². The van der Waals surface area contributed by atoms with E-state index in [0.717, 1.165) is 12.1 Å². The maximum absolute atomic E-state index is 13.5. The van der Waals surface area contributed by atoms with Crippen molar-refractivity contribution < 1.29 is 18.3 Å². The lowest BCUT2D eigenvalue weighted by Crippen LogP contribution is -2.22. The van der Waals surface area contributed by atoms with Gasteiger partial charge in [-0.3, -0.25) is 9.59 Å². The number of nitrogens with zero attached hydrogens (tertiary/aromatic N) is 1. The Kier molecular flexibility index (Phi) is 4.47. The summed E-state index contributed by atoms with van der Waals surface area (Å²) in [7, 11) is 1.64. The number of hydrogen-bond donors (Lipinski definition) is 1. The number of pyridine rings is 1. The Morgan fingerprint density at radius 2 is 1.92 bits per heavy atom. The number of rotatable bonds is 4. The number of aryl methyl sites for hydroxylation is 1. The van der Waals surface area contributed by atoms with Crippen LogP contribution in [-0.4, -0.2) is 17.1 Å². The molecule has 0 radical (unpaired) electrons. The van der Waals surface area contributed by atoms with Crippen LogP contribution in [-0.2, 0) is 11.8 Å². The van der Waals surface area contributed by atoms with Crippen molar-refractivity contribution in [3.05, 3.63) is 70.5 Å². The molecule has 0 fully saturated rings. The molecule has 0 aliphatic carbocycles. The van der Waals surface area contributed by atoms with Gasteiger partial charge in [-0.05, 0) is 24.3 Å². The van der Waals surface area contributed by atoms with Crippen molar-refractivity contribution in [3.8, 4) is 5.75 Å². The summed E-state index contributed by atoms with van der Waals surface area (Å²) in [6, 6.07) is 11.2. The van der Waals surface area contributed by atoms with Gasteiger partial charge in [0.05, 0.1) is 11.2 Å². The summed E-state index contributed by atoms with van der Waals surface area (Å²) in [4.78, 5) is 23.9. The zero-order valence-corrected chi connectivity index (χ0v) is 13.3. The lowest BCUT2D eigenvalue weighted by molar-refractivity contribution is -0.118. The van der Waals surface area contributed by atoms with Crippen molar-refractivity contribution in [1.82, 2.24) is 4.57 Å². The highest BCUT2D eigenvalue weighted by Gasteiger charge is 2.11. The summed E-state index contributed by atoms with van der Waals surface area (Å²) < 4.78 is 33.3. The zero-order valence-electron chi connectivity index (χ0n) is 13.3. The number of anilines is 1. The molecule has 0 saturated carbocycles. The molecule has 0 saturated heterocycles. The van der Waals surface area contributed by atoms with Crippen LogP contribution in [0, 0.1) is 11.6 Å². The molecular formula is C18H14F2N2O3. The molecule has 0 aliphatic heterocycles. The Labute approximate surface area is 141 Å². The summed E-state index contributed by atoms with van der Waals surface area (Å²) in [5.74, 6) is -1.99. The van der Waals surface area contributed by atoms with Gasteiger partial charge in [0.2, 0.25) is 0 Å². The van der Waals surface area contributed by atoms with Gasteiger partial charge in [0.15, 0.2) is 6.61 Å². The van der Waals surface area contributed by atoms with E-state index in [4.69, 9.17) is 4.74 Å². The van der Waals surface area contributed by atoms with Crippen LogP contribution in [0.2, 0.25) is 0 Å². The minimum absolute atomic E-state index is 0.149. The number of hydrogen-bond acceptors (Lipinski definition) is 3. The van der Waals surface area contributed by atoms with Gasteiger partial charge in [-0.2, -0.15) is 0 Å². The fourth-order valence-corrected chi connectivity index (χ4v) is 2.42. The molecular weight excluding hydrogens is 330 g/mol. The number of halogens is 2. The van der Waals surface area contributed by atoms with Gasteiger partial charge in [-0.25, -0.2) is 8.78 Å². The van der Waals surface area contributed by atoms with Crippen LogP contribution in [0.25, 0.3) is 10.9 Å². The van der Waals surface area contributed by atoms with Gasteiger partial charge in [-0.1, -0.05) is 12.1 Å². The average molecular weight is 344 g/mol. The highest BCUT2D eigenvalue weighted by atomic mass is 19.1. The van der Waals surface area contributed by atoms with E-state index in [2.05, 4.69) is 5.32 Å². The molecule has 128 valence electrons. The molecule has 1 N–H and O–H groups in total. The first-order valence-corrected chi connectivity index (χ1v) is 7.42. The van der Waals surface area contributed by atoms with E-state index in [1.54, 1.807) is 31.3 Å². The van der Waals surface area contributed by atoms with E-state index in [0.29, 0.717) is 17.0 Å². The largest absolute Gasteiger partial charge is 0.483 e. The maximum atomic E-state index is 13.5. The number of fused-ring (bicyclic) bond motifs is 1. The monoisotopic (exact) mass is 344 g/mol. The molecule has 25 heavy (non-hydrogen) atoms. The van der Waals surface area contributed by atoms with Crippen LogP contribution in [0.1, 0.15) is 0 Å². The number of nitrogens with one attached hydrogen (secondary N) is 1. The van der Waals surface area contributed by atoms with Gasteiger partial charge in [-0.15, -0.1) is 0 Å². The number of benzene rings is 2. The lowest BCUT2D eigenvalue weighted by atomic mass is 10.2. The SMILES string of the molecule is Cn1c(=O)cc(OCC(=O)Nc2ccc(F)cc2F)c2ccccc21. The minimum atomic E-state index is -0.882. The van der Waals surface area contributed by atoms with Crippen molar-refractivity contribution in [1.29, 1.82) is 0 Å². The van der Waals surface area contributed by atoms with Crippen molar-refractivity contribution in [2.45, 2.75) is 0 Å². The second-order valence-corrected chi connectivity index (χ2v) is 5.38. The number of amides is 1. The second-order valence-electron chi connectivity index (χ2n) is 5.38. The normalized spacial score (nSPS) is 10.7. The topological polar surface area (TPSA) is 60.3 Å². The molecule has 5 nitrogen and oxygen atoms in total. The van der Waals surface area contributed by atoms with Gasteiger partial charge in [0.1, 0.15) is 17.4 Å². The number of carbonyl (C=O) groups is 1. The van der Waals surface area contributed by atoms with Crippen LogP contribution in [0.5, 0.6) is 5.75 Å². The maximum Gasteiger partial charge on any atom is 0.262 e. The third-order valence-electron chi connectivity index (χ3n) is 3.68. The van der Waals surface area contributed by atoms with Crippen molar-refractivity contribution in [2.75, 3.05) is 11.9 Å². The van der Waals surface area contributed by atoms with Gasteiger partial charge in [0.25, 0.3) is 11.5 Å². The molecule has 0 atom stereocenters. The van der Waals surface area contributed by atoms with Gasteiger partial charge >= 0.3 is 0 Å². The highest BCUT2D eigenvalue weighted by molar-refractivity contribution is 5.92. The predicted octanol–water partition coefficient (Wildman–Crippen LogP) is 2.83. The van der Waals surface area contributed by atoms with E-state index >= 15 is 0 Å². The first-order valence-electron chi connectivity index (χ1n) is 7.42. The third kappa shape index (κ3) is 3.50. The van der Waals surface area contributed by atoms with Gasteiger partial charge in [0, 0.05) is 24.6 Å². The smallest absolute Gasteiger partial charge is 0.262 e. The number of aromatic nitrogens is 1. The predicted molar refractivity (Wildman–Crippen MR) is 89.7 cm³/mol. The average Bonchev–Trinajstić information content (AvgIpc) is 2.59. The number of carbonyl (C=O) groups excluding carboxylic acids is 1. The summed E-state index contributed by atoms with van der Waals surface area (Å²) in [5.41, 5.74) is 0.234. The summed E-state index contributed by atoms with van der Waals surface area (Å²) >= 11 is 0. The Hall–Kier alpha value is -3.22. The van der Waals surface area contributed by atoms with Crippen LogP contribution in [0.4, 0.5) is 14.5 Å². The second kappa shape index (κ2) is 6.72. The van der Waals surface area contributed by atoms with Crippen molar-refractivity contribution in [3.63, 3.8) is 0 Å². The molecule has 2 aromatic carbocycles. The number of ether oxygens (including phenoxy) is 1. The number of para-hydroxylation sites is 1. The Balaban J connectivity index is 1.77. The van der Waals surface area contributed by atoms with E-state index in [1.807, 2.05) is 0 Å². The highest BCUT2D eigenvalue weighted by Crippen LogP contribution is 2.23. The Morgan fingerprint density at radius 1 is 1.16 bits per heavy atom. The van der Waals surface area contributed by atoms with Crippen LogP contribution >= 0.6 is 0 Å². The summed E-state index contributed by atoms with van der Waals surface area (Å²) in [6.45, 7) is -0.423. The molecule has 0 unspecified atom stereocenters. The Morgan fingerprint density at radius 3 is 2.68 bits per heavy atom. The molecule has 3 rings (SSSR count). The molecule has 1 heterocycles. The van der Waals surface area contributed by atoms with Crippen molar-refractivity contribution in [2.24, 2.45) is 7.05 Å². The third-order valence-corrected chi connectivity index (χ3v) is 3.68. The van der Waals surface area contributed by atoms with Crippen LogP contribution < -0.4 is 15.6 Å². The Bertz CT molecular complexity index is 1010. The van der Waals surface area contributed by atoms with Crippen LogP contribution in [0.3, 0.4) is 0 Å². The first-order chi connectivity index (χ1) is 12.0. The standard InChI is InChI=1S/C18H14F2N2O3/c1-22-15-5-3-2-4-12(15)16(9-18(22)24)25-10-17(23)21-14-7-6-11(19)8-13(14)20/h2-9H,10H2,1H3,(H,21,23). The fourth-order valence-electron chi connectivity index (χ4n) is 2.42. The molecule has 0 spiro atoms. The van der Waals surface area contributed by atoms with E-state index in [-0.39, 0.29) is 17.0 Å². The molecule has 0 bridgehead atoms. The molecule has 1 aromatic heterocycles. The minimum Gasteiger partial charge on any atom is -0.483 e. The van der Waals surface area contributed by atoms with Crippen molar-refractivity contribution >= 4 is 22.5 Å².